The van der Waals surface area contributed by atoms with Crippen molar-refractivity contribution in [1.29, 1.82) is 0 Å². The lowest BCUT2D eigenvalue weighted by Gasteiger charge is -2.35. The SMILES string of the molecule is CCCC1(OC)C(=O)OC(=O)C1(OC)OC. The summed E-state index contributed by atoms with van der Waals surface area (Å²) < 4.78 is 19.8. The van der Waals surface area contributed by atoms with Crippen LogP contribution in [-0.2, 0) is 28.5 Å². The molecule has 0 aromatic heterocycles. The molecule has 6 heteroatoms. The summed E-state index contributed by atoms with van der Waals surface area (Å²) in [6.45, 7) is 1.85. The first kappa shape index (κ1) is 13.1. The Morgan fingerprint density at radius 1 is 1.06 bits per heavy atom. The Morgan fingerprint density at radius 3 is 2.00 bits per heavy atom. The van der Waals surface area contributed by atoms with E-state index in [2.05, 4.69) is 4.74 Å². The number of rotatable bonds is 5. The summed E-state index contributed by atoms with van der Waals surface area (Å²) in [5.41, 5.74) is -1.53. The van der Waals surface area contributed by atoms with Crippen molar-refractivity contribution in [3.8, 4) is 0 Å². The highest BCUT2D eigenvalue weighted by atomic mass is 16.8. The van der Waals surface area contributed by atoms with Gasteiger partial charge < -0.3 is 18.9 Å². The molecule has 92 valence electrons. The average molecular weight is 232 g/mol. The van der Waals surface area contributed by atoms with Crippen molar-refractivity contribution in [1.82, 2.24) is 0 Å². The van der Waals surface area contributed by atoms with Crippen LogP contribution in [0, 0.1) is 0 Å². The Hall–Kier alpha value is -0.980. The van der Waals surface area contributed by atoms with Crippen LogP contribution in [-0.4, -0.2) is 44.7 Å². The molecule has 0 amide bonds. The molecule has 0 aromatic rings. The molecule has 1 rings (SSSR count). The van der Waals surface area contributed by atoms with Gasteiger partial charge in [-0.15, -0.1) is 0 Å². The summed E-state index contributed by atoms with van der Waals surface area (Å²) in [6, 6.07) is 0. The number of methoxy groups -OCH3 is 3. The highest BCUT2D eigenvalue weighted by Crippen LogP contribution is 2.41. The number of carbonyl (C=O) groups is 2. The number of carbonyl (C=O) groups excluding carboxylic acids is 2. The van der Waals surface area contributed by atoms with Crippen LogP contribution in [0.3, 0.4) is 0 Å². The Bertz CT molecular complexity index is 296. The Morgan fingerprint density at radius 2 is 1.62 bits per heavy atom. The van der Waals surface area contributed by atoms with Crippen LogP contribution in [0.15, 0.2) is 0 Å². The van der Waals surface area contributed by atoms with Crippen molar-refractivity contribution in [3.05, 3.63) is 0 Å². The van der Waals surface area contributed by atoms with E-state index in [-0.39, 0.29) is 6.42 Å². The molecular formula is C10H16O6. The third-order valence-corrected chi connectivity index (χ3v) is 2.84. The summed E-state index contributed by atoms with van der Waals surface area (Å²) in [5.74, 6) is -3.46. The van der Waals surface area contributed by atoms with Crippen LogP contribution in [0.4, 0.5) is 0 Å². The normalized spacial score (nSPS) is 28.2. The van der Waals surface area contributed by atoms with Crippen molar-refractivity contribution in [2.75, 3.05) is 21.3 Å². The lowest BCUT2D eigenvalue weighted by atomic mass is 9.89. The van der Waals surface area contributed by atoms with Crippen LogP contribution in [0.1, 0.15) is 19.8 Å². The van der Waals surface area contributed by atoms with E-state index in [1.807, 2.05) is 6.92 Å². The van der Waals surface area contributed by atoms with Gasteiger partial charge >= 0.3 is 17.7 Å². The first-order valence-electron chi connectivity index (χ1n) is 4.96. The van der Waals surface area contributed by atoms with E-state index in [1.165, 1.54) is 21.3 Å². The Kier molecular flexibility index (Phi) is 3.67. The lowest BCUT2D eigenvalue weighted by Crippen LogP contribution is -2.60. The molecule has 0 N–H and O–H groups in total. The van der Waals surface area contributed by atoms with Gasteiger partial charge in [-0.3, -0.25) is 0 Å². The molecule has 1 aliphatic rings. The molecule has 0 aliphatic carbocycles. The van der Waals surface area contributed by atoms with Gasteiger partial charge in [-0.25, -0.2) is 9.59 Å². The molecule has 0 saturated carbocycles. The van der Waals surface area contributed by atoms with Crippen molar-refractivity contribution in [3.63, 3.8) is 0 Å². The number of hydrogen-bond donors (Lipinski definition) is 0. The molecule has 1 fully saturated rings. The van der Waals surface area contributed by atoms with Crippen molar-refractivity contribution < 1.29 is 28.5 Å². The molecule has 1 aliphatic heterocycles. The standard InChI is InChI=1S/C10H16O6/c1-5-6-9(13-2)7(11)16-8(12)10(9,14-3)15-4/h5-6H2,1-4H3. The first-order valence-corrected chi connectivity index (χ1v) is 4.96. The lowest BCUT2D eigenvalue weighted by molar-refractivity contribution is -0.272. The number of hydrogen-bond acceptors (Lipinski definition) is 6. The molecule has 0 aromatic carbocycles. The fourth-order valence-electron chi connectivity index (χ4n) is 2.05. The van der Waals surface area contributed by atoms with E-state index >= 15 is 0 Å². The molecule has 6 nitrogen and oxygen atoms in total. The van der Waals surface area contributed by atoms with Gasteiger partial charge in [-0.2, -0.15) is 0 Å². The van der Waals surface area contributed by atoms with E-state index in [1.54, 1.807) is 0 Å². The third kappa shape index (κ3) is 1.37. The maximum Gasteiger partial charge on any atom is 0.378 e. The maximum atomic E-state index is 11.7. The number of cyclic esters (lactones) is 2. The molecule has 1 heterocycles. The quantitative estimate of drug-likeness (QED) is 0.384. The third-order valence-electron chi connectivity index (χ3n) is 2.84. The summed E-state index contributed by atoms with van der Waals surface area (Å²) >= 11 is 0. The van der Waals surface area contributed by atoms with Crippen LogP contribution in [0.5, 0.6) is 0 Å². The van der Waals surface area contributed by atoms with E-state index in [4.69, 9.17) is 14.2 Å². The second-order valence-corrected chi connectivity index (χ2v) is 3.48. The van der Waals surface area contributed by atoms with Gasteiger partial charge in [0, 0.05) is 21.3 Å². The topological polar surface area (TPSA) is 71.1 Å². The minimum Gasteiger partial charge on any atom is -0.387 e. The molecule has 1 unspecified atom stereocenters. The van der Waals surface area contributed by atoms with E-state index in [0.29, 0.717) is 6.42 Å². The molecule has 0 radical (unpaired) electrons. The molecular weight excluding hydrogens is 216 g/mol. The first-order chi connectivity index (χ1) is 7.54. The fourth-order valence-corrected chi connectivity index (χ4v) is 2.05. The van der Waals surface area contributed by atoms with Gasteiger partial charge in [0.05, 0.1) is 0 Å². The van der Waals surface area contributed by atoms with E-state index in [0.717, 1.165) is 0 Å². The zero-order valence-electron chi connectivity index (χ0n) is 9.86. The average Bonchev–Trinajstić information content (AvgIpc) is 2.49. The number of esters is 2. The zero-order valence-corrected chi connectivity index (χ0v) is 9.86. The van der Waals surface area contributed by atoms with Crippen LogP contribution in [0.25, 0.3) is 0 Å². The minimum absolute atomic E-state index is 0.274. The molecule has 1 atom stereocenters. The Balaban J connectivity index is 3.28. The summed E-state index contributed by atoms with van der Waals surface area (Å²) in [4.78, 5) is 23.4. The van der Waals surface area contributed by atoms with Gasteiger partial charge in [0.1, 0.15) is 0 Å². The molecule has 1 saturated heterocycles. The van der Waals surface area contributed by atoms with Crippen LogP contribution >= 0.6 is 0 Å². The highest BCUT2D eigenvalue weighted by molar-refractivity contribution is 6.04. The molecule has 0 spiro atoms. The second kappa shape index (κ2) is 4.48. The predicted octanol–water partition coefficient (Wildman–Crippen LogP) is 0.244. The second-order valence-electron chi connectivity index (χ2n) is 3.48. The summed E-state index contributed by atoms with van der Waals surface area (Å²) in [6.07, 6.45) is 0.889. The highest BCUT2D eigenvalue weighted by Gasteiger charge is 2.71. The van der Waals surface area contributed by atoms with Crippen molar-refractivity contribution >= 4 is 11.9 Å². The summed E-state index contributed by atoms with van der Waals surface area (Å²) in [7, 11) is 3.86. The van der Waals surface area contributed by atoms with Crippen LogP contribution < -0.4 is 0 Å². The Labute approximate surface area is 93.8 Å². The maximum absolute atomic E-state index is 11.7. The van der Waals surface area contributed by atoms with E-state index < -0.39 is 23.3 Å². The minimum atomic E-state index is -1.81. The van der Waals surface area contributed by atoms with Gasteiger partial charge in [0.25, 0.3) is 0 Å². The fraction of sp³-hybridized carbons (Fsp3) is 0.800. The molecule has 16 heavy (non-hydrogen) atoms. The zero-order chi connectivity index (χ0) is 12.4. The van der Waals surface area contributed by atoms with Crippen molar-refractivity contribution in [2.24, 2.45) is 0 Å². The summed E-state index contributed by atoms with van der Waals surface area (Å²) in [5, 5.41) is 0. The number of ether oxygens (including phenoxy) is 4. The van der Waals surface area contributed by atoms with Gasteiger partial charge in [-0.05, 0) is 6.42 Å². The van der Waals surface area contributed by atoms with E-state index in [9.17, 15) is 9.59 Å². The smallest absolute Gasteiger partial charge is 0.378 e. The van der Waals surface area contributed by atoms with Crippen molar-refractivity contribution in [2.45, 2.75) is 31.2 Å². The van der Waals surface area contributed by atoms with Crippen LogP contribution in [0.2, 0.25) is 0 Å². The van der Waals surface area contributed by atoms with Gasteiger partial charge in [0.2, 0.25) is 5.60 Å². The largest absolute Gasteiger partial charge is 0.387 e. The van der Waals surface area contributed by atoms with Gasteiger partial charge in [0.15, 0.2) is 0 Å². The monoisotopic (exact) mass is 232 g/mol. The molecule has 0 bridgehead atoms. The van der Waals surface area contributed by atoms with Gasteiger partial charge in [-0.1, -0.05) is 13.3 Å². The predicted molar refractivity (Wildman–Crippen MR) is 52.5 cm³/mol.